The Morgan fingerprint density at radius 2 is 2.20 bits per heavy atom. The molecule has 0 amide bonds. The highest BCUT2D eigenvalue weighted by molar-refractivity contribution is 7.92. The average molecular weight is 295 g/mol. The molecule has 1 aromatic heterocycles. The lowest BCUT2D eigenvalue weighted by molar-refractivity contribution is 0.199. The molecule has 108 valence electrons. The molecule has 0 radical (unpaired) electrons. The van der Waals surface area contributed by atoms with Crippen molar-refractivity contribution >= 4 is 15.7 Å². The van der Waals surface area contributed by atoms with E-state index in [2.05, 4.69) is 9.82 Å². The number of aryl methyl sites for hydroxylation is 1. The molecule has 1 atom stereocenters. The third kappa shape index (κ3) is 3.17. The van der Waals surface area contributed by atoms with Crippen LogP contribution in [0.1, 0.15) is 25.5 Å². The van der Waals surface area contributed by atoms with Crippen molar-refractivity contribution in [2.24, 2.45) is 0 Å². The second kappa shape index (κ2) is 5.64. The summed E-state index contributed by atoms with van der Waals surface area (Å²) in [5.41, 5.74) is 0.964. The molecule has 0 fully saturated rings. The largest absolute Gasteiger partial charge is 0.389 e. The van der Waals surface area contributed by atoms with Gasteiger partial charge in [0.15, 0.2) is 0 Å². The minimum Gasteiger partial charge on any atom is -0.389 e. The zero-order valence-electron chi connectivity index (χ0n) is 11.3. The van der Waals surface area contributed by atoms with Crippen LogP contribution in [0.15, 0.2) is 41.6 Å². The number of sulfonamides is 1. The molecule has 0 aliphatic heterocycles. The molecular weight excluding hydrogens is 278 g/mol. The smallest absolute Gasteiger partial charge is 0.262 e. The van der Waals surface area contributed by atoms with E-state index in [4.69, 9.17) is 0 Å². The van der Waals surface area contributed by atoms with Crippen LogP contribution in [0.2, 0.25) is 0 Å². The second-order valence-corrected chi connectivity index (χ2v) is 6.12. The Bertz CT molecular complexity index is 692. The van der Waals surface area contributed by atoms with Crippen molar-refractivity contribution in [3.05, 3.63) is 42.2 Å². The van der Waals surface area contributed by atoms with E-state index >= 15 is 0 Å². The highest BCUT2D eigenvalue weighted by atomic mass is 32.2. The number of rotatable bonds is 5. The topological polar surface area (TPSA) is 84.2 Å². The van der Waals surface area contributed by atoms with Crippen LogP contribution in [0.5, 0.6) is 0 Å². The molecule has 6 nitrogen and oxygen atoms in total. The molecule has 0 aliphatic rings. The van der Waals surface area contributed by atoms with Gasteiger partial charge >= 0.3 is 0 Å². The predicted octanol–water partition coefficient (Wildman–Crippen LogP) is 1.76. The maximum Gasteiger partial charge on any atom is 0.262 e. The summed E-state index contributed by atoms with van der Waals surface area (Å²) in [7, 11) is -3.68. The molecule has 2 rings (SSSR count). The van der Waals surface area contributed by atoms with Crippen LogP contribution in [0.3, 0.4) is 0 Å². The van der Waals surface area contributed by atoms with Gasteiger partial charge in [0.25, 0.3) is 10.0 Å². The monoisotopic (exact) mass is 295 g/mol. The summed E-state index contributed by atoms with van der Waals surface area (Å²) in [5.74, 6) is 0. The van der Waals surface area contributed by atoms with Gasteiger partial charge in [-0.15, -0.1) is 0 Å². The maximum atomic E-state index is 12.2. The summed E-state index contributed by atoms with van der Waals surface area (Å²) in [4.78, 5) is 0.111. The third-order valence-electron chi connectivity index (χ3n) is 2.86. The standard InChI is InChI=1S/C13H17N3O3S/c1-3-16-9-12(8-14-16)15-20(18,19)13-6-4-5-11(7-13)10(2)17/h4-10,15,17H,3H2,1-2H3. The van der Waals surface area contributed by atoms with E-state index in [1.807, 2.05) is 6.92 Å². The first-order valence-corrected chi connectivity index (χ1v) is 7.74. The molecule has 1 aromatic carbocycles. The highest BCUT2D eigenvalue weighted by Gasteiger charge is 2.16. The van der Waals surface area contributed by atoms with Crippen LogP contribution < -0.4 is 4.72 Å². The lowest BCUT2D eigenvalue weighted by Gasteiger charge is -2.09. The molecule has 0 saturated heterocycles. The van der Waals surface area contributed by atoms with Gasteiger partial charge in [-0.2, -0.15) is 5.10 Å². The van der Waals surface area contributed by atoms with E-state index in [0.29, 0.717) is 17.8 Å². The van der Waals surface area contributed by atoms with Crippen LogP contribution in [0, 0.1) is 0 Å². The molecule has 20 heavy (non-hydrogen) atoms. The van der Waals surface area contributed by atoms with E-state index in [1.165, 1.54) is 18.3 Å². The van der Waals surface area contributed by atoms with Gasteiger partial charge in [-0.1, -0.05) is 12.1 Å². The SMILES string of the molecule is CCn1cc(NS(=O)(=O)c2cccc(C(C)O)c2)cn1. The fraction of sp³-hybridized carbons (Fsp3) is 0.308. The molecule has 1 unspecified atom stereocenters. The van der Waals surface area contributed by atoms with E-state index in [9.17, 15) is 13.5 Å². The van der Waals surface area contributed by atoms with Crippen LogP contribution in [-0.4, -0.2) is 23.3 Å². The van der Waals surface area contributed by atoms with Gasteiger partial charge in [0.2, 0.25) is 0 Å². The maximum absolute atomic E-state index is 12.2. The van der Waals surface area contributed by atoms with Crippen molar-refractivity contribution in [3.8, 4) is 0 Å². The van der Waals surface area contributed by atoms with E-state index in [1.54, 1.807) is 29.9 Å². The van der Waals surface area contributed by atoms with Gasteiger partial charge in [0.05, 0.1) is 22.9 Å². The van der Waals surface area contributed by atoms with Crippen LogP contribution in [0.25, 0.3) is 0 Å². The molecular formula is C13H17N3O3S. The first-order chi connectivity index (χ1) is 9.42. The van der Waals surface area contributed by atoms with E-state index in [-0.39, 0.29) is 4.90 Å². The average Bonchev–Trinajstić information content (AvgIpc) is 2.86. The van der Waals surface area contributed by atoms with Crippen molar-refractivity contribution < 1.29 is 13.5 Å². The summed E-state index contributed by atoms with van der Waals surface area (Å²) in [6, 6.07) is 6.22. The number of aliphatic hydroxyl groups is 1. The fourth-order valence-electron chi connectivity index (χ4n) is 1.74. The van der Waals surface area contributed by atoms with Crippen LogP contribution in [0.4, 0.5) is 5.69 Å². The molecule has 2 N–H and O–H groups in total. The number of hydrogen-bond donors (Lipinski definition) is 2. The van der Waals surface area contributed by atoms with Gasteiger partial charge in [-0.25, -0.2) is 8.42 Å². The Hall–Kier alpha value is -1.86. The number of hydrogen-bond acceptors (Lipinski definition) is 4. The Balaban J connectivity index is 2.28. The van der Waals surface area contributed by atoms with Crippen molar-refractivity contribution in [1.82, 2.24) is 9.78 Å². The lowest BCUT2D eigenvalue weighted by atomic mass is 10.1. The Labute approximate surface area is 118 Å². The second-order valence-electron chi connectivity index (χ2n) is 4.44. The number of anilines is 1. The molecule has 1 heterocycles. The van der Waals surface area contributed by atoms with E-state index in [0.717, 1.165) is 0 Å². The lowest BCUT2D eigenvalue weighted by Crippen LogP contribution is -2.13. The van der Waals surface area contributed by atoms with Gasteiger partial charge < -0.3 is 5.11 Å². The van der Waals surface area contributed by atoms with Gasteiger partial charge in [0, 0.05) is 12.7 Å². The molecule has 0 aliphatic carbocycles. The number of nitrogens with zero attached hydrogens (tertiary/aromatic N) is 2. The third-order valence-corrected chi connectivity index (χ3v) is 4.24. The fourth-order valence-corrected chi connectivity index (χ4v) is 2.83. The number of aromatic nitrogens is 2. The first-order valence-electron chi connectivity index (χ1n) is 6.25. The first kappa shape index (κ1) is 14.5. The number of benzene rings is 1. The molecule has 0 bridgehead atoms. The number of aliphatic hydroxyl groups excluding tert-OH is 1. The summed E-state index contributed by atoms with van der Waals surface area (Å²) >= 11 is 0. The minimum absolute atomic E-state index is 0.111. The molecule has 7 heteroatoms. The quantitative estimate of drug-likeness (QED) is 0.880. The highest BCUT2D eigenvalue weighted by Crippen LogP contribution is 2.19. The zero-order chi connectivity index (χ0) is 14.8. The van der Waals surface area contributed by atoms with Crippen LogP contribution >= 0.6 is 0 Å². The molecule has 0 spiro atoms. The molecule has 2 aromatic rings. The zero-order valence-corrected chi connectivity index (χ0v) is 12.1. The normalized spacial score (nSPS) is 13.2. The van der Waals surface area contributed by atoms with Crippen molar-refractivity contribution in [3.63, 3.8) is 0 Å². The summed E-state index contributed by atoms with van der Waals surface area (Å²) in [5, 5.41) is 13.5. The van der Waals surface area contributed by atoms with E-state index < -0.39 is 16.1 Å². The summed E-state index contributed by atoms with van der Waals surface area (Å²) < 4.78 is 28.6. The van der Waals surface area contributed by atoms with Crippen molar-refractivity contribution in [2.75, 3.05) is 4.72 Å². The Morgan fingerprint density at radius 1 is 1.45 bits per heavy atom. The Kier molecular flexibility index (Phi) is 4.10. The molecule has 0 saturated carbocycles. The van der Waals surface area contributed by atoms with Gasteiger partial charge in [-0.05, 0) is 31.5 Å². The minimum atomic E-state index is -3.68. The number of nitrogens with one attached hydrogen (secondary N) is 1. The summed E-state index contributed by atoms with van der Waals surface area (Å²) in [6.45, 7) is 4.17. The van der Waals surface area contributed by atoms with Crippen molar-refractivity contribution in [1.29, 1.82) is 0 Å². The van der Waals surface area contributed by atoms with Crippen molar-refractivity contribution in [2.45, 2.75) is 31.4 Å². The Morgan fingerprint density at radius 3 is 2.80 bits per heavy atom. The van der Waals surface area contributed by atoms with Gasteiger partial charge in [-0.3, -0.25) is 9.40 Å². The summed E-state index contributed by atoms with van der Waals surface area (Å²) in [6.07, 6.45) is 2.36. The predicted molar refractivity (Wildman–Crippen MR) is 75.8 cm³/mol. The van der Waals surface area contributed by atoms with Gasteiger partial charge in [0.1, 0.15) is 0 Å². The van der Waals surface area contributed by atoms with Crippen LogP contribution in [-0.2, 0) is 16.6 Å².